The van der Waals surface area contributed by atoms with E-state index in [9.17, 15) is 0 Å². The van der Waals surface area contributed by atoms with Gasteiger partial charge in [-0.1, -0.05) is 125 Å². The average Bonchev–Trinajstić information content (AvgIpc) is 3.69. The van der Waals surface area contributed by atoms with Crippen LogP contribution in [0.3, 0.4) is 0 Å². The number of fused-ring (bicyclic) bond motifs is 4. The first-order chi connectivity index (χ1) is 26.8. The van der Waals surface area contributed by atoms with Crippen molar-refractivity contribution in [1.82, 2.24) is 4.57 Å². The van der Waals surface area contributed by atoms with Crippen molar-refractivity contribution < 1.29 is 25.8 Å². The summed E-state index contributed by atoms with van der Waals surface area (Å²) in [7, 11) is 0. The van der Waals surface area contributed by atoms with Crippen molar-refractivity contribution >= 4 is 44.6 Å². The van der Waals surface area contributed by atoms with Crippen LogP contribution >= 0.6 is 0 Å². The summed E-state index contributed by atoms with van der Waals surface area (Å²) in [5.74, 6) is 1.25. The Labute approximate surface area is 361 Å². The Balaban J connectivity index is 0.00000512. The molecule has 2 heterocycles. The second-order valence-electron chi connectivity index (χ2n) is 19.7. The van der Waals surface area contributed by atoms with Gasteiger partial charge < -0.3 is 19.1 Å². The normalized spacial score (nSPS) is 13.6. The molecule has 8 rings (SSSR count). The predicted molar refractivity (Wildman–Crippen MR) is 240 cm³/mol. The molecule has 5 heteroatoms. The van der Waals surface area contributed by atoms with Gasteiger partial charge in [0.2, 0.25) is 0 Å². The van der Waals surface area contributed by atoms with Crippen LogP contribution in [-0.4, -0.2) is 4.57 Å². The van der Waals surface area contributed by atoms with E-state index >= 15 is 0 Å². The van der Waals surface area contributed by atoms with Crippen molar-refractivity contribution in [2.45, 2.75) is 105 Å². The molecule has 0 bridgehead atoms. The van der Waals surface area contributed by atoms with Crippen LogP contribution in [0.5, 0.6) is 11.5 Å². The molecule has 7 aromatic rings. The molecule has 1 aliphatic rings. The standard InChI is InChI=1S/C53H55N3O.Pt/c1-50(2,3)35-17-15-19-40(28-35)56-46-22-14-13-21-44(46)45-25-24-43(33-48(45)56)57-42-20-16-18-39(32-42)54-34-55(47-26-23-36(31-49(47)54)51(4,5)6)41-29-37(52(7,8)9)27-38(30-41)53(10,11)12;/h13-18,20-31,34H,1-12H3;/q-4;+4. The molecular formula is C53H55N3OPt. The van der Waals surface area contributed by atoms with E-state index in [1.807, 2.05) is 24.3 Å². The number of aromatic nitrogens is 1. The summed E-state index contributed by atoms with van der Waals surface area (Å²) < 4.78 is 8.90. The molecule has 58 heavy (non-hydrogen) atoms. The van der Waals surface area contributed by atoms with Gasteiger partial charge in [-0.2, -0.15) is 35.9 Å². The van der Waals surface area contributed by atoms with Crippen LogP contribution < -0.4 is 14.5 Å². The van der Waals surface area contributed by atoms with Crippen molar-refractivity contribution in [3.05, 3.63) is 156 Å². The Hall–Kier alpha value is -4.79. The van der Waals surface area contributed by atoms with Gasteiger partial charge in [0.05, 0.1) is 0 Å². The molecule has 4 nitrogen and oxygen atoms in total. The number of ether oxygens (including phenoxy) is 1. The fraction of sp³-hybridized carbons (Fsp3) is 0.302. The van der Waals surface area contributed by atoms with E-state index in [2.05, 4.69) is 207 Å². The monoisotopic (exact) mass is 944 g/mol. The van der Waals surface area contributed by atoms with E-state index in [0.29, 0.717) is 11.5 Å². The van der Waals surface area contributed by atoms with Crippen molar-refractivity contribution in [1.29, 1.82) is 0 Å². The fourth-order valence-electron chi connectivity index (χ4n) is 7.63. The quantitative estimate of drug-likeness (QED) is 0.160. The number of rotatable bonds is 5. The predicted octanol–water partition coefficient (Wildman–Crippen LogP) is 14.6. The smallest absolute Gasteiger partial charge is 0.509 e. The minimum absolute atomic E-state index is 0. The summed E-state index contributed by atoms with van der Waals surface area (Å²) in [6.07, 6.45) is 0. The van der Waals surface area contributed by atoms with Gasteiger partial charge in [-0.3, -0.25) is 0 Å². The second-order valence-corrected chi connectivity index (χ2v) is 19.7. The van der Waals surface area contributed by atoms with Crippen LogP contribution in [0.25, 0.3) is 27.5 Å². The van der Waals surface area contributed by atoms with E-state index in [-0.39, 0.29) is 42.7 Å². The van der Waals surface area contributed by atoms with Crippen LogP contribution in [0.4, 0.5) is 22.7 Å². The van der Waals surface area contributed by atoms with Crippen LogP contribution in [0.15, 0.2) is 109 Å². The molecule has 6 aromatic carbocycles. The summed E-state index contributed by atoms with van der Waals surface area (Å²) in [5.41, 5.74) is 12.5. The van der Waals surface area contributed by atoms with Gasteiger partial charge in [-0.05, 0) is 74.1 Å². The van der Waals surface area contributed by atoms with Gasteiger partial charge in [0.15, 0.2) is 0 Å². The first-order valence-corrected chi connectivity index (χ1v) is 20.2. The zero-order valence-electron chi connectivity index (χ0n) is 36.0. The Morgan fingerprint density at radius 1 is 0.500 bits per heavy atom. The van der Waals surface area contributed by atoms with Gasteiger partial charge in [0, 0.05) is 34.1 Å². The number of nitrogens with zero attached hydrogens (tertiary/aromatic N) is 3. The van der Waals surface area contributed by atoms with Crippen LogP contribution in [0.1, 0.15) is 105 Å². The molecule has 0 atom stereocenters. The number of anilines is 4. The third-order valence-corrected chi connectivity index (χ3v) is 11.2. The summed E-state index contributed by atoms with van der Waals surface area (Å²) >= 11 is 0. The Bertz CT molecular complexity index is 2610. The Kier molecular flexibility index (Phi) is 10.6. The third kappa shape index (κ3) is 7.85. The number of para-hydroxylation sites is 1. The van der Waals surface area contributed by atoms with Gasteiger partial charge in [-0.25, -0.2) is 0 Å². The first kappa shape index (κ1) is 41.4. The molecule has 0 unspecified atom stereocenters. The molecule has 0 spiro atoms. The Morgan fingerprint density at radius 2 is 1.14 bits per heavy atom. The molecule has 0 aliphatic carbocycles. The Morgan fingerprint density at radius 3 is 1.81 bits per heavy atom. The minimum atomic E-state index is -0.0167. The van der Waals surface area contributed by atoms with E-state index in [0.717, 1.165) is 44.9 Å². The third-order valence-electron chi connectivity index (χ3n) is 11.2. The zero-order chi connectivity index (χ0) is 40.7. The van der Waals surface area contributed by atoms with Gasteiger partial charge in [0.25, 0.3) is 0 Å². The molecule has 0 N–H and O–H groups in total. The summed E-state index contributed by atoms with van der Waals surface area (Å²) in [6.45, 7) is 29.5. The van der Waals surface area contributed by atoms with Gasteiger partial charge in [-0.15, -0.1) is 54.1 Å². The van der Waals surface area contributed by atoms with Crippen LogP contribution in [0.2, 0.25) is 0 Å². The maximum atomic E-state index is 6.65. The fourth-order valence-corrected chi connectivity index (χ4v) is 7.63. The van der Waals surface area contributed by atoms with Crippen molar-refractivity contribution in [2.24, 2.45) is 0 Å². The maximum Gasteiger partial charge on any atom is 4.00 e. The van der Waals surface area contributed by atoms with E-state index in [4.69, 9.17) is 4.74 Å². The van der Waals surface area contributed by atoms with E-state index in [1.54, 1.807) is 0 Å². The summed E-state index contributed by atoms with van der Waals surface area (Å²) in [5, 5.41) is 2.29. The van der Waals surface area contributed by atoms with E-state index < -0.39 is 0 Å². The average molecular weight is 945 g/mol. The minimum Gasteiger partial charge on any atom is -0.509 e. The molecule has 0 amide bonds. The molecule has 0 radical (unpaired) electrons. The molecule has 0 saturated carbocycles. The van der Waals surface area contributed by atoms with Crippen molar-refractivity contribution in [3.8, 4) is 17.2 Å². The maximum absolute atomic E-state index is 6.65. The molecule has 0 fully saturated rings. The largest absolute Gasteiger partial charge is 4.00 e. The summed E-state index contributed by atoms with van der Waals surface area (Å²) in [6, 6.07) is 50.0. The molecule has 1 aromatic heterocycles. The number of benzene rings is 6. The number of hydrogen-bond acceptors (Lipinski definition) is 3. The zero-order valence-corrected chi connectivity index (χ0v) is 38.3. The molecule has 1 aliphatic heterocycles. The molecular weight excluding hydrogens is 890 g/mol. The van der Waals surface area contributed by atoms with Gasteiger partial charge in [0.1, 0.15) is 0 Å². The first-order valence-electron chi connectivity index (χ1n) is 20.2. The van der Waals surface area contributed by atoms with E-state index in [1.165, 1.54) is 27.6 Å². The van der Waals surface area contributed by atoms with Gasteiger partial charge >= 0.3 is 21.1 Å². The topological polar surface area (TPSA) is 20.6 Å². The van der Waals surface area contributed by atoms with Crippen LogP contribution in [0, 0.1) is 24.9 Å². The van der Waals surface area contributed by atoms with Crippen molar-refractivity contribution in [3.63, 3.8) is 0 Å². The number of hydrogen-bond donors (Lipinski definition) is 0. The second kappa shape index (κ2) is 14.8. The SMILES string of the molecule is CC(C)(C)c1cc[c-]c(-n2c3[c-]c(Oc4[c-]c(N5[CH-]N(c6cc(C(C)(C)C)cc(C(C)(C)C)c6)c6ccc(C(C)(C)C)cc65)ccc4)ccc3c3ccccc32)c1.[Pt+4]. The van der Waals surface area contributed by atoms with Crippen LogP contribution in [-0.2, 0) is 42.7 Å². The summed E-state index contributed by atoms with van der Waals surface area (Å²) in [4.78, 5) is 4.58. The molecule has 0 saturated heterocycles. The molecule has 298 valence electrons. The van der Waals surface area contributed by atoms with Crippen molar-refractivity contribution in [2.75, 3.05) is 9.80 Å².